The van der Waals surface area contributed by atoms with Crippen molar-refractivity contribution >= 4 is 21.9 Å². The van der Waals surface area contributed by atoms with Crippen LogP contribution in [0.25, 0.3) is 0 Å². The first-order chi connectivity index (χ1) is 13.9. The number of aromatic nitrogens is 1. The first-order valence-electron chi connectivity index (χ1n) is 9.40. The molecule has 152 valence electrons. The highest BCUT2D eigenvalue weighted by atomic mass is 79.9. The monoisotopic (exact) mass is 456 g/mol. The second-order valence-corrected chi connectivity index (χ2v) is 7.92. The van der Waals surface area contributed by atoms with Crippen LogP contribution in [-0.2, 0) is 19.6 Å². The van der Waals surface area contributed by atoms with E-state index >= 15 is 0 Å². The van der Waals surface area contributed by atoms with Crippen molar-refractivity contribution in [3.05, 3.63) is 86.6 Å². The predicted molar refractivity (Wildman–Crippen MR) is 118 cm³/mol. The summed E-state index contributed by atoms with van der Waals surface area (Å²) in [6, 6.07) is 15.9. The molecule has 2 N–H and O–H groups in total. The first-order valence-corrected chi connectivity index (χ1v) is 10.2. The predicted octanol–water partition coefficient (Wildman–Crippen LogP) is 4.91. The van der Waals surface area contributed by atoms with Crippen molar-refractivity contribution in [2.24, 2.45) is 0 Å². The summed E-state index contributed by atoms with van der Waals surface area (Å²) in [7, 11) is 1.64. The molecule has 3 aromatic rings. The van der Waals surface area contributed by atoms with Crippen molar-refractivity contribution in [3.8, 4) is 5.75 Å². The Morgan fingerprint density at radius 3 is 2.48 bits per heavy atom. The standard InChI is InChI=1S/C23H25BrN2O3/c1-15-21(13-25-12-17-6-4-8-19(24)10-17)22(23(27)28)16(2)26(15)14-18-7-5-9-20(11-18)29-3/h4-11,25H,12-14H2,1-3H3,(H,27,28). The summed E-state index contributed by atoms with van der Waals surface area (Å²) in [5, 5.41) is 13.2. The highest BCUT2D eigenvalue weighted by molar-refractivity contribution is 9.10. The fraction of sp³-hybridized carbons (Fsp3) is 0.261. The number of methoxy groups -OCH3 is 1. The summed E-state index contributed by atoms with van der Waals surface area (Å²) in [6.45, 7) is 5.61. The Bertz CT molecular complexity index is 1030. The SMILES string of the molecule is COc1cccc(Cn2c(C)c(CNCc3cccc(Br)c3)c(C(=O)O)c2C)c1. The maximum atomic E-state index is 12.0. The third-order valence-electron chi connectivity index (χ3n) is 5.12. The van der Waals surface area contributed by atoms with Gasteiger partial charge >= 0.3 is 5.97 Å². The number of ether oxygens (including phenoxy) is 1. The zero-order valence-corrected chi connectivity index (χ0v) is 18.4. The fourth-order valence-electron chi connectivity index (χ4n) is 3.62. The molecule has 0 fully saturated rings. The minimum atomic E-state index is -0.894. The number of rotatable bonds is 8. The van der Waals surface area contributed by atoms with Gasteiger partial charge in [0.2, 0.25) is 0 Å². The molecule has 0 radical (unpaired) electrons. The Hall–Kier alpha value is -2.57. The molecule has 0 atom stereocenters. The maximum Gasteiger partial charge on any atom is 0.337 e. The molecule has 0 unspecified atom stereocenters. The summed E-state index contributed by atoms with van der Waals surface area (Å²) >= 11 is 3.48. The van der Waals surface area contributed by atoms with Crippen molar-refractivity contribution in [2.75, 3.05) is 7.11 Å². The van der Waals surface area contributed by atoms with Crippen LogP contribution in [0.1, 0.15) is 38.4 Å². The van der Waals surface area contributed by atoms with Crippen LogP contribution >= 0.6 is 15.9 Å². The van der Waals surface area contributed by atoms with Gasteiger partial charge in [0, 0.05) is 41.1 Å². The second kappa shape index (κ2) is 9.29. The van der Waals surface area contributed by atoms with Gasteiger partial charge in [-0.3, -0.25) is 0 Å². The van der Waals surface area contributed by atoms with Gasteiger partial charge in [-0.05, 0) is 49.2 Å². The molecule has 29 heavy (non-hydrogen) atoms. The van der Waals surface area contributed by atoms with Gasteiger partial charge in [0.15, 0.2) is 0 Å². The number of carboxylic acid groups (broad SMARTS) is 1. The molecule has 0 saturated heterocycles. The zero-order chi connectivity index (χ0) is 21.0. The average molecular weight is 457 g/mol. The minimum absolute atomic E-state index is 0.382. The van der Waals surface area contributed by atoms with E-state index in [1.165, 1.54) is 0 Å². The lowest BCUT2D eigenvalue weighted by Gasteiger charge is -2.11. The van der Waals surface area contributed by atoms with Crippen molar-refractivity contribution in [3.63, 3.8) is 0 Å². The van der Waals surface area contributed by atoms with Crippen LogP contribution in [0, 0.1) is 13.8 Å². The lowest BCUT2D eigenvalue weighted by atomic mass is 10.1. The lowest BCUT2D eigenvalue weighted by molar-refractivity contribution is 0.0694. The van der Waals surface area contributed by atoms with E-state index in [1.807, 2.05) is 56.3 Å². The number of carbonyl (C=O) groups is 1. The number of hydrogen-bond donors (Lipinski definition) is 2. The number of aromatic carboxylic acids is 1. The summed E-state index contributed by atoms with van der Waals surface area (Å²) in [5.41, 5.74) is 5.14. The van der Waals surface area contributed by atoms with E-state index in [1.54, 1.807) is 7.11 Å². The Morgan fingerprint density at radius 1 is 1.07 bits per heavy atom. The average Bonchev–Trinajstić information content (AvgIpc) is 2.93. The molecule has 3 rings (SSSR count). The highest BCUT2D eigenvalue weighted by Crippen LogP contribution is 2.25. The van der Waals surface area contributed by atoms with E-state index in [0.717, 1.165) is 38.3 Å². The molecular formula is C23H25BrN2O3. The Morgan fingerprint density at radius 2 is 1.79 bits per heavy atom. The molecule has 6 heteroatoms. The van der Waals surface area contributed by atoms with Gasteiger partial charge in [-0.25, -0.2) is 4.79 Å². The van der Waals surface area contributed by atoms with Crippen molar-refractivity contribution in [2.45, 2.75) is 33.5 Å². The Kier molecular flexibility index (Phi) is 6.77. The van der Waals surface area contributed by atoms with Gasteiger partial charge in [0.05, 0.1) is 12.7 Å². The molecule has 0 aliphatic heterocycles. The van der Waals surface area contributed by atoms with Gasteiger partial charge in [0.25, 0.3) is 0 Å². The van der Waals surface area contributed by atoms with E-state index < -0.39 is 5.97 Å². The van der Waals surface area contributed by atoms with Gasteiger partial charge < -0.3 is 19.7 Å². The normalized spacial score (nSPS) is 10.9. The Balaban J connectivity index is 1.84. The number of halogens is 1. The van der Waals surface area contributed by atoms with Crippen molar-refractivity contribution < 1.29 is 14.6 Å². The third-order valence-corrected chi connectivity index (χ3v) is 5.61. The Labute approximate surface area is 179 Å². The van der Waals surface area contributed by atoms with Crippen LogP contribution in [-0.4, -0.2) is 22.8 Å². The topological polar surface area (TPSA) is 63.5 Å². The van der Waals surface area contributed by atoms with Crippen LogP contribution in [0.2, 0.25) is 0 Å². The summed E-state index contributed by atoms with van der Waals surface area (Å²) in [6.07, 6.45) is 0. The molecule has 1 aromatic heterocycles. The number of nitrogens with zero attached hydrogens (tertiary/aromatic N) is 1. The van der Waals surface area contributed by atoms with Crippen LogP contribution in [0.3, 0.4) is 0 Å². The third kappa shape index (κ3) is 4.89. The van der Waals surface area contributed by atoms with Crippen LogP contribution in [0.4, 0.5) is 0 Å². The molecule has 2 aromatic carbocycles. The second-order valence-electron chi connectivity index (χ2n) is 7.00. The van der Waals surface area contributed by atoms with Crippen molar-refractivity contribution in [1.82, 2.24) is 9.88 Å². The first kappa shape index (κ1) is 21.1. The quantitative estimate of drug-likeness (QED) is 0.505. The zero-order valence-electron chi connectivity index (χ0n) is 16.8. The maximum absolute atomic E-state index is 12.0. The van der Waals surface area contributed by atoms with Crippen LogP contribution in [0.5, 0.6) is 5.75 Å². The number of hydrogen-bond acceptors (Lipinski definition) is 3. The van der Waals surface area contributed by atoms with Crippen LogP contribution in [0.15, 0.2) is 53.0 Å². The van der Waals surface area contributed by atoms with E-state index in [-0.39, 0.29) is 0 Å². The van der Waals surface area contributed by atoms with E-state index in [4.69, 9.17) is 4.74 Å². The highest BCUT2D eigenvalue weighted by Gasteiger charge is 2.22. The molecule has 0 bridgehead atoms. The van der Waals surface area contributed by atoms with E-state index in [0.29, 0.717) is 25.2 Å². The molecule has 0 aliphatic carbocycles. The summed E-state index contributed by atoms with van der Waals surface area (Å²) in [4.78, 5) is 12.0. The number of nitrogens with one attached hydrogen (secondary N) is 1. The van der Waals surface area contributed by atoms with Gasteiger partial charge in [0.1, 0.15) is 5.75 Å². The van der Waals surface area contributed by atoms with Gasteiger partial charge in [-0.1, -0.05) is 40.2 Å². The number of benzene rings is 2. The molecule has 5 nitrogen and oxygen atoms in total. The van der Waals surface area contributed by atoms with Crippen molar-refractivity contribution in [1.29, 1.82) is 0 Å². The van der Waals surface area contributed by atoms with E-state index in [2.05, 4.69) is 31.9 Å². The minimum Gasteiger partial charge on any atom is -0.497 e. The van der Waals surface area contributed by atoms with Crippen LogP contribution < -0.4 is 10.1 Å². The molecule has 0 aliphatic rings. The van der Waals surface area contributed by atoms with Gasteiger partial charge in [-0.15, -0.1) is 0 Å². The molecule has 0 amide bonds. The summed E-state index contributed by atoms with van der Waals surface area (Å²) < 4.78 is 8.40. The fourth-order valence-corrected chi connectivity index (χ4v) is 4.06. The molecule has 1 heterocycles. The number of carboxylic acids is 1. The smallest absolute Gasteiger partial charge is 0.337 e. The molecule has 0 spiro atoms. The lowest BCUT2D eigenvalue weighted by Crippen LogP contribution is -2.15. The molecule has 0 saturated carbocycles. The molecular weight excluding hydrogens is 432 g/mol. The van der Waals surface area contributed by atoms with E-state index in [9.17, 15) is 9.90 Å². The summed E-state index contributed by atoms with van der Waals surface area (Å²) in [5.74, 6) is -0.103. The largest absolute Gasteiger partial charge is 0.497 e. The van der Waals surface area contributed by atoms with Gasteiger partial charge in [-0.2, -0.15) is 0 Å².